The third-order valence-corrected chi connectivity index (χ3v) is 11.8. The van der Waals surface area contributed by atoms with E-state index in [0.717, 1.165) is 22.3 Å². The topological polar surface area (TPSA) is 392 Å². The number of aromatic amines is 1. The highest BCUT2D eigenvalue weighted by Crippen LogP contribution is 2.21. The minimum atomic E-state index is -0.535. The van der Waals surface area contributed by atoms with Crippen LogP contribution in [0, 0.1) is 54.2 Å². The standard InChI is InChI=1S/2C12H13N5.C10H10N4O2.C10H12N4.C7H9NO.C3H3N3O2.C2H2BrN/c2*1-10(11-2-6-14-7-3-11)17-9-4-12(16-17)15-8-5-13;1-8(9-2-5-11-6-3-9)13-7-4-10(12-13)14(15)16;1-8(9-2-5-12-6-3-9)14-7-4-10(11)13-14;1-6(9)7-2-4-8-5-3-7;7-6(8)3-1-2-4-5-3;3-1-2-4/h2*2-4,6-7,9-10H,8H2,1H3,(H,15,16);2-8H,1H3;2-8H,1H3,(H2,11,13);2-6,9H,1H3;1-2H,(H,4,5);1H2/t2*10-;2*8-;6-;;/m10110../s1. The number of halogens is 1. The second-order valence-electron chi connectivity index (χ2n) is 17.3. The number of aliphatic hydroxyl groups excluding tert-OH is 1. The van der Waals surface area contributed by atoms with Gasteiger partial charge in [0.15, 0.2) is 0 Å². The lowest BCUT2D eigenvalue weighted by Gasteiger charge is -2.11. The Morgan fingerprint density at radius 2 is 0.859 bits per heavy atom. The molecule has 0 saturated heterocycles. The van der Waals surface area contributed by atoms with Crippen LogP contribution in [0.5, 0.6) is 0 Å². The predicted octanol–water partition coefficient (Wildman–Crippen LogP) is 9.27. The number of alkyl halides is 1. The van der Waals surface area contributed by atoms with Gasteiger partial charge in [-0.05, 0) is 139 Å². The quantitative estimate of drug-likeness (QED) is 0.0276. The van der Waals surface area contributed by atoms with Gasteiger partial charge in [-0.25, -0.2) is 0 Å². The van der Waals surface area contributed by atoms with Gasteiger partial charge in [0.1, 0.15) is 30.5 Å². The summed E-state index contributed by atoms with van der Waals surface area (Å²) in [7, 11) is 0. The Labute approximate surface area is 497 Å². The van der Waals surface area contributed by atoms with E-state index in [1.54, 1.807) is 98.0 Å². The summed E-state index contributed by atoms with van der Waals surface area (Å²) in [5.41, 5.74) is 10.9. The van der Waals surface area contributed by atoms with E-state index in [-0.39, 0.29) is 55.0 Å². The van der Waals surface area contributed by atoms with Crippen molar-refractivity contribution in [3.8, 4) is 18.2 Å². The number of hydrogen-bond acceptors (Lipinski definition) is 21. The fourth-order valence-electron chi connectivity index (χ4n) is 6.94. The zero-order valence-corrected chi connectivity index (χ0v) is 48.4. The summed E-state index contributed by atoms with van der Waals surface area (Å²) in [6, 6.07) is 33.6. The van der Waals surface area contributed by atoms with Crippen molar-refractivity contribution in [2.75, 3.05) is 34.8 Å². The third kappa shape index (κ3) is 23.5. The number of nitro groups is 2. The maximum atomic E-state index is 10.5. The molecule has 0 spiro atoms. The largest absolute Gasteiger partial charge is 0.389 e. The summed E-state index contributed by atoms with van der Waals surface area (Å²) in [4.78, 5) is 38.9. The van der Waals surface area contributed by atoms with Crippen LogP contribution < -0.4 is 16.4 Å². The van der Waals surface area contributed by atoms with Gasteiger partial charge < -0.3 is 41.7 Å². The lowest BCUT2D eigenvalue weighted by atomic mass is 10.1. The second-order valence-corrected chi connectivity index (χ2v) is 17.9. The van der Waals surface area contributed by atoms with Crippen molar-refractivity contribution in [3.05, 3.63) is 232 Å². The van der Waals surface area contributed by atoms with E-state index in [1.807, 2.05) is 118 Å². The Hall–Kier alpha value is -11.1. The van der Waals surface area contributed by atoms with Crippen LogP contribution in [0.15, 0.2) is 184 Å². The van der Waals surface area contributed by atoms with E-state index >= 15 is 0 Å². The molecule has 438 valence electrons. The van der Waals surface area contributed by atoms with Crippen molar-refractivity contribution in [2.45, 2.75) is 64.9 Å². The van der Waals surface area contributed by atoms with Crippen molar-refractivity contribution in [2.24, 2.45) is 0 Å². The van der Waals surface area contributed by atoms with Crippen LogP contribution >= 0.6 is 15.9 Å². The summed E-state index contributed by atoms with van der Waals surface area (Å²) in [6.07, 6.45) is 25.5. The number of aliphatic hydroxyl groups is 1. The summed E-state index contributed by atoms with van der Waals surface area (Å²) in [5, 5.41) is 82.4. The molecule has 6 N–H and O–H groups in total. The van der Waals surface area contributed by atoms with Gasteiger partial charge in [-0.1, -0.05) is 21.0 Å². The highest BCUT2D eigenvalue weighted by atomic mass is 79.9. The van der Waals surface area contributed by atoms with Gasteiger partial charge in [0, 0.05) is 92.7 Å². The molecule has 0 saturated carbocycles. The van der Waals surface area contributed by atoms with E-state index in [2.05, 4.69) is 103 Å². The van der Waals surface area contributed by atoms with Crippen molar-refractivity contribution >= 4 is 45.0 Å². The Balaban J connectivity index is 0.000000219. The zero-order chi connectivity index (χ0) is 61.8. The number of nitrogens with zero attached hydrogens (tertiary/aromatic N) is 19. The Morgan fingerprint density at radius 1 is 0.518 bits per heavy atom. The molecule has 0 aromatic carbocycles. The molecule has 10 rings (SSSR count). The van der Waals surface area contributed by atoms with E-state index in [4.69, 9.17) is 26.6 Å². The first-order chi connectivity index (χ1) is 41.1. The number of nitrogens with one attached hydrogen (secondary N) is 3. The fraction of sp³-hybridized carbons (Fsp3) is 0.232. The van der Waals surface area contributed by atoms with Gasteiger partial charge in [0.25, 0.3) is 0 Å². The van der Waals surface area contributed by atoms with Gasteiger partial charge >= 0.3 is 11.6 Å². The van der Waals surface area contributed by atoms with Gasteiger partial charge in [-0.3, -0.25) is 39.0 Å². The summed E-state index contributed by atoms with van der Waals surface area (Å²) < 4.78 is 7.11. The minimum Gasteiger partial charge on any atom is -0.389 e. The molecule has 10 aromatic rings. The van der Waals surface area contributed by atoms with Crippen LogP contribution in [0.25, 0.3) is 0 Å². The molecule has 10 heterocycles. The molecule has 0 aliphatic heterocycles. The smallest absolute Gasteiger partial charge is 0.389 e. The number of aromatic nitrogens is 15. The first-order valence-corrected chi connectivity index (χ1v) is 26.8. The highest BCUT2D eigenvalue weighted by Gasteiger charge is 2.17. The lowest BCUT2D eigenvalue weighted by Crippen LogP contribution is -2.08. The fourth-order valence-corrected chi connectivity index (χ4v) is 6.94. The monoisotopic (exact) mass is 1220 g/mol. The number of anilines is 3. The van der Waals surface area contributed by atoms with Crippen LogP contribution in [-0.2, 0) is 0 Å². The van der Waals surface area contributed by atoms with Crippen LogP contribution in [0.1, 0.15) is 92.7 Å². The number of nitrogens with two attached hydrogens (primary N) is 1. The number of hydrogen-bond donors (Lipinski definition) is 5. The molecular weight excluding hydrogens is 1150 g/mol. The van der Waals surface area contributed by atoms with Crippen molar-refractivity contribution < 1.29 is 15.0 Å². The molecule has 5 atom stereocenters. The normalized spacial score (nSPS) is 11.6. The van der Waals surface area contributed by atoms with Crippen LogP contribution in [0.2, 0.25) is 0 Å². The molecule has 85 heavy (non-hydrogen) atoms. The second kappa shape index (κ2) is 37.0. The average Bonchev–Trinajstić information content (AvgIpc) is 4.64. The number of rotatable bonds is 15. The molecule has 0 unspecified atom stereocenters. The molecule has 29 heteroatoms. The highest BCUT2D eigenvalue weighted by molar-refractivity contribution is 9.09. The molecular formula is C56H62BrN23O5. The first-order valence-electron chi connectivity index (χ1n) is 25.7. The van der Waals surface area contributed by atoms with E-state index in [1.165, 1.54) is 23.9 Å². The lowest BCUT2D eigenvalue weighted by molar-refractivity contribution is -0.389. The third-order valence-electron chi connectivity index (χ3n) is 11.6. The van der Waals surface area contributed by atoms with E-state index in [0.29, 0.717) is 22.8 Å². The maximum Gasteiger partial charge on any atom is 0.389 e. The van der Waals surface area contributed by atoms with Crippen molar-refractivity contribution in [1.82, 2.24) is 74.2 Å². The van der Waals surface area contributed by atoms with Gasteiger partial charge in [0.2, 0.25) is 0 Å². The van der Waals surface area contributed by atoms with Gasteiger partial charge in [0.05, 0.1) is 83.4 Å². The number of H-pyrrole nitrogens is 1. The Bertz CT molecular complexity index is 3470. The molecule has 10 aromatic heterocycles. The summed E-state index contributed by atoms with van der Waals surface area (Å²) in [6.45, 7) is 10.4. The molecule has 28 nitrogen and oxygen atoms in total. The Kier molecular flexibility index (Phi) is 28.9. The average molecular weight is 1220 g/mol. The number of nitrogen functional groups attached to an aromatic ring is 1. The maximum absolute atomic E-state index is 10.5. The SMILES string of the molecule is C[C@@H](c1ccncc1)n1ccc(NCC#N)n1.C[C@H](O)c1ccncc1.C[C@H](c1ccncc1)n1ccc(N)n1.C[C@H](c1ccncc1)n1ccc(NCC#N)n1.C[C@H](c1ccncc1)n1ccc([N+](=O)[O-])n1.N#CCBr.O=[N+]([O-])c1ccn[nH]1. The molecule has 0 bridgehead atoms. The van der Waals surface area contributed by atoms with Crippen LogP contribution in [0.4, 0.5) is 29.1 Å². The van der Waals surface area contributed by atoms with Crippen LogP contribution in [0.3, 0.4) is 0 Å². The number of pyridine rings is 5. The predicted molar refractivity (Wildman–Crippen MR) is 320 cm³/mol. The van der Waals surface area contributed by atoms with E-state index in [9.17, 15) is 20.2 Å². The van der Waals surface area contributed by atoms with Gasteiger partial charge in [-0.2, -0.15) is 35.8 Å². The van der Waals surface area contributed by atoms with E-state index < -0.39 is 9.85 Å². The zero-order valence-electron chi connectivity index (χ0n) is 46.9. The molecule has 0 radical (unpaired) electrons. The molecule has 0 aliphatic carbocycles. The van der Waals surface area contributed by atoms with Gasteiger partial charge in [-0.15, -0.1) is 5.10 Å². The van der Waals surface area contributed by atoms with Crippen LogP contribution in [-0.4, -0.2) is 108 Å². The Morgan fingerprint density at radius 3 is 1.12 bits per heavy atom. The molecule has 0 fully saturated rings. The molecule has 0 amide bonds. The summed E-state index contributed by atoms with van der Waals surface area (Å²) in [5.74, 6) is 1.76. The van der Waals surface area contributed by atoms with Crippen molar-refractivity contribution in [1.29, 1.82) is 15.8 Å². The first kappa shape index (κ1) is 66.4. The molecule has 0 aliphatic rings. The number of nitriles is 3. The van der Waals surface area contributed by atoms with Crippen molar-refractivity contribution in [3.63, 3.8) is 0 Å². The summed E-state index contributed by atoms with van der Waals surface area (Å²) >= 11 is 2.89. The minimum absolute atomic E-state index is 0.0447.